The molecule has 158 valence electrons. The maximum atomic E-state index is 10.2. The minimum Gasteiger partial charge on any atom is -0.393 e. The van der Waals surface area contributed by atoms with E-state index in [4.69, 9.17) is 0 Å². The van der Waals surface area contributed by atoms with Crippen LogP contribution in [0.4, 0.5) is 0 Å². The van der Waals surface area contributed by atoms with Crippen molar-refractivity contribution in [3.63, 3.8) is 0 Å². The lowest BCUT2D eigenvalue weighted by molar-refractivity contribution is -0.0540. The highest BCUT2D eigenvalue weighted by molar-refractivity contribution is 5.25. The summed E-state index contributed by atoms with van der Waals surface area (Å²) in [5, 5.41) is 10.2. The molecule has 0 heterocycles. The average Bonchev–Trinajstić information content (AvgIpc) is 2.99. The Morgan fingerprint density at radius 3 is 2.61 bits per heavy atom. The Bertz CT molecular complexity index is 630. The van der Waals surface area contributed by atoms with E-state index in [1.165, 1.54) is 44.9 Å². The van der Waals surface area contributed by atoms with Gasteiger partial charge in [0.15, 0.2) is 0 Å². The quantitative estimate of drug-likeness (QED) is 0.510. The fourth-order valence-corrected chi connectivity index (χ4v) is 8.25. The molecule has 0 spiro atoms. The average molecular weight is 385 g/mol. The van der Waals surface area contributed by atoms with Gasteiger partial charge >= 0.3 is 0 Å². The molecular weight excluding hydrogens is 340 g/mol. The molecule has 0 saturated heterocycles. The van der Waals surface area contributed by atoms with Crippen LogP contribution < -0.4 is 0 Å². The van der Waals surface area contributed by atoms with E-state index >= 15 is 0 Å². The van der Waals surface area contributed by atoms with Crippen LogP contribution in [0, 0.1) is 46.3 Å². The lowest BCUT2D eigenvalue weighted by atomic mass is 9.47. The third-order valence-electron chi connectivity index (χ3n) is 9.83. The van der Waals surface area contributed by atoms with Crippen LogP contribution in [-0.2, 0) is 0 Å². The summed E-state index contributed by atoms with van der Waals surface area (Å²) >= 11 is 0. The second-order valence-electron chi connectivity index (χ2n) is 11.8. The first-order valence-electron chi connectivity index (χ1n) is 12.3. The minimum absolute atomic E-state index is 0.0842. The SMILES string of the molecule is CC(C)C/C=C/C(C)C1CCC2C3CC=C4CC(O)CCC4(C)C3CCC12C. The first-order valence-corrected chi connectivity index (χ1v) is 12.3. The summed E-state index contributed by atoms with van der Waals surface area (Å²) in [6, 6.07) is 0. The Morgan fingerprint density at radius 2 is 1.86 bits per heavy atom. The van der Waals surface area contributed by atoms with E-state index in [1.807, 2.05) is 0 Å². The highest BCUT2D eigenvalue weighted by atomic mass is 16.3. The minimum atomic E-state index is -0.0842. The van der Waals surface area contributed by atoms with Gasteiger partial charge < -0.3 is 5.11 Å². The van der Waals surface area contributed by atoms with Gasteiger partial charge in [0.2, 0.25) is 0 Å². The van der Waals surface area contributed by atoms with E-state index in [1.54, 1.807) is 5.57 Å². The van der Waals surface area contributed by atoms with Crippen LogP contribution in [0.3, 0.4) is 0 Å². The zero-order valence-electron chi connectivity index (χ0n) is 19.1. The molecule has 1 heteroatoms. The summed E-state index contributed by atoms with van der Waals surface area (Å²) in [5.41, 5.74) is 2.53. The standard InChI is InChI=1S/C27H44O/c1-18(2)7-6-8-19(3)23-11-12-24-22-10-9-20-17-21(28)13-15-26(20,4)25(22)14-16-27(23,24)5/h6,8-9,18-19,21-25,28H,7,10-17H2,1-5H3/b8-6+. The molecule has 1 nitrogen and oxygen atoms in total. The zero-order valence-corrected chi connectivity index (χ0v) is 19.1. The number of aliphatic hydroxyl groups is 1. The summed E-state index contributed by atoms with van der Waals surface area (Å²) in [6.45, 7) is 12.3. The normalized spacial score (nSPS) is 46.8. The molecule has 1 N–H and O–H groups in total. The van der Waals surface area contributed by atoms with Crippen molar-refractivity contribution < 1.29 is 5.11 Å². The van der Waals surface area contributed by atoms with Crippen molar-refractivity contribution in [2.24, 2.45) is 46.3 Å². The van der Waals surface area contributed by atoms with Crippen LogP contribution in [0.1, 0.15) is 92.4 Å². The number of rotatable bonds is 4. The first-order chi connectivity index (χ1) is 13.3. The molecule has 0 amide bonds. The van der Waals surface area contributed by atoms with E-state index in [9.17, 15) is 5.11 Å². The molecule has 0 bridgehead atoms. The number of aliphatic hydroxyl groups excluding tert-OH is 1. The number of hydrogen-bond acceptors (Lipinski definition) is 1. The Hall–Kier alpha value is -0.560. The monoisotopic (exact) mass is 384 g/mol. The summed E-state index contributed by atoms with van der Waals surface area (Å²) < 4.78 is 0. The molecular formula is C27H44O. The summed E-state index contributed by atoms with van der Waals surface area (Å²) in [6.07, 6.45) is 18.9. The fourth-order valence-electron chi connectivity index (χ4n) is 8.25. The smallest absolute Gasteiger partial charge is 0.0577 e. The van der Waals surface area contributed by atoms with E-state index < -0.39 is 0 Å². The second kappa shape index (κ2) is 7.60. The van der Waals surface area contributed by atoms with Crippen LogP contribution in [0.15, 0.2) is 23.8 Å². The van der Waals surface area contributed by atoms with Crippen LogP contribution in [0.2, 0.25) is 0 Å². The largest absolute Gasteiger partial charge is 0.393 e. The van der Waals surface area contributed by atoms with Gasteiger partial charge in [-0.1, -0.05) is 58.4 Å². The van der Waals surface area contributed by atoms with E-state index in [2.05, 4.69) is 52.8 Å². The summed E-state index contributed by atoms with van der Waals surface area (Å²) in [7, 11) is 0. The topological polar surface area (TPSA) is 20.2 Å². The summed E-state index contributed by atoms with van der Waals surface area (Å²) in [5.74, 6) is 5.03. The van der Waals surface area contributed by atoms with E-state index in [0.717, 1.165) is 48.3 Å². The molecule has 0 aromatic carbocycles. The number of hydrogen-bond donors (Lipinski definition) is 1. The van der Waals surface area contributed by atoms with Gasteiger partial charge in [0, 0.05) is 0 Å². The summed E-state index contributed by atoms with van der Waals surface area (Å²) in [4.78, 5) is 0. The van der Waals surface area contributed by atoms with Crippen LogP contribution in [0.5, 0.6) is 0 Å². The Morgan fingerprint density at radius 1 is 1.07 bits per heavy atom. The Balaban J connectivity index is 1.53. The molecule has 0 aromatic heterocycles. The molecule has 4 aliphatic carbocycles. The third kappa shape index (κ3) is 3.34. The maximum absolute atomic E-state index is 10.2. The predicted octanol–water partition coefficient (Wildman–Crippen LogP) is 7.16. The van der Waals surface area contributed by atoms with Gasteiger partial charge in [-0.2, -0.15) is 0 Å². The predicted molar refractivity (Wildman–Crippen MR) is 119 cm³/mol. The molecule has 0 aliphatic heterocycles. The van der Waals surface area contributed by atoms with Gasteiger partial charge in [-0.15, -0.1) is 0 Å². The van der Waals surface area contributed by atoms with Crippen molar-refractivity contribution in [3.05, 3.63) is 23.8 Å². The number of fused-ring (bicyclic) bond motifs is 5. The van der Waals surface area contributed by atoms with Crippen LogP contribution in [0.25, 0.3) is 0 Å². The molecule has 4 aliphatic rings. The molecule has 0 radical (unpaired) electrons. The van der Waals surface area contributed by atoms with Crippen molar-refractivity contribution in [2.75, 3.05) is 0 Å². The van der Waals surface area contributed by atoms with Crippen LogP contribution >= 0.6 is 0 Å². The van der Waals surface area contributed by atoms with Crippen molar-refractivity contribution in [2.45, 2.75) is 98.5 Å². The van der Waals surface area contributed by atoms with Gasteiger partial charge in [-0.05, 0) is 104 Å². The van der Waals surface area contributed by atoms with E-state index in [0.29, 0.717) is 10.8 Å². The van der Waals surface area contributed by atoms with Gasteiger partial charge in [-0.25, -0.2) is 0 Å². The van der Waals surface area contributed by atoms with Gasteiger partial charge in [-0.3, -0.25) is 0 Å². The maximum Gasteiger partial charge on any atom is 0.0577 e. The van der Waals surface area contributed by atoms with E-state index in [-0.39, 0.29) is 6.10 Å². The van der Waals surface area contributed by atoms with Crippen molar-refractivity contribution >= 4 is 0 Å². The lowest BCUT2D eigenvalue weighted by Crippen LogP contribution is -2.50. The Labute approximate surface area is 174 Å². The Kier molecular flexibility index (Phi) is 5.62. The van der Waals surface area contributed by atoms with Crippen molar-refractivity contribution in [3.8, 4) is 0 Å². The molecule has 8 atom stereocenters. The molecule has 28 heavy (non-hydrogen) atoms. The lowest BCUT2D eigenvalue weighted by Gasteiger charge is -2.58. The molecule has 4 rings (SSSR count). The van der Waals surface area contributed by atoms with Crippen molar-refractivity contribution in [1.29, 1.82) is 0 Å². The van der Waals surface area contributed by atoms with Gasteiger partial charge in [0.05, 0.1) is 6.10 Å². The van der Waals surface area contributed by atoms with Crippen LogP contribution in [-0.4, -0.2) is 11.2 Å². The highest BCUT2D eigenvalue weighted by Crippen LogP contribution is 2.67. The van der Waals surface area contributed by atoms with Gasteiger partial charge in [0.1, 0.15) is 0 Å². The third-order valence-corrected chi connectivity index (χ3v) is 9.83. The molecule has 8 unspecified atom stereocenters. The highest BCUT2D eigenvalue weighted by Gasteiger charge is 2.58. The fraction of sp³-hybridized carbons (Fsp3) is 0.852. The zero-order chi connectivity index (χ0) is 20.1. The molecule has 0 aromatic rings. The molecule has 3 saturated carbocycles. The second-order valence-corrected chi connectivity index (χ2v) is 11.8. The van der Waals surface area contributed by atoms with Crippen molar-refractivity contribution in [1.82, 2.24) is 0 Å². The molecule has 3 fully saturated rings. The first kappa shape index (κ1) is 20.7. The van der Waals surface area contributed by atoms with Gasteiger partial charge in [0.25, 0.3) is 0 Å². The number of allylic oxidation sites excluding steroid dienone is 3.